The second-order valence-electron chi connectivity index (χ2n) is 6.37. The molecule has 0 spiro atoms. The standard InChI is InChI=1S/C22H21NO/c1-17-21(24)23(17)22(18-11-5-2-6-12-18,19-13-7-3-8-14-19)20-15-9-4-10-16-20/h2-17,21,24H,1H3. The maximum absolute atomic E-state index is 10.5. The third kappa shape index (κ3) is 2.19. The van der Waals surface area contributed by atoms with Gasteiger partial charge in [-0.05, 0) is 23.6 Å². The van der Waals surface area contributed by atoms with E-state index in [9.17, 15) is 5.11 Å². The second kappa shape index (κ2) is 5.90. The monoisotopic (exact) mass is 315 g/mol. The summed E-state index contributed by atoms with van der Waals surface area (Å²) in [5, 5.41) is 10.5. The Bertz CT molecular complexity index is 696. The first-order valence-corrected chi connectivity index (χ1v) is 8.39. The quantitative estimate of drug-likeness (QED) is 0.581. The minimum absolute atomic E-state index is 0.116. The average Bonchev–Trinajstić information content (AvgIpc) is 3.25. The first kappa shape index (κ1) is 15.1. The van der Waals surface area contributed by atoms with Crippen molar-refractivity contribution in [2.45, 2.75) is 24.7 Å². The number of benzene rings is 3. The molecule has 0 amide bonds. The van der Waals surface area contributed by atoms with Crippen LogP contribution in [0.4, 0.5) is 0 Å². The first-order valence-electron chi connectivity index (χ1n) is 8.39. The van der Waals surface area contributed by atoms with Crippen LogP contribution >= 0.6 is 0 Å². The van der Waals surface area contributed by atoms with Crippen LogP contribution in [0.5, 0.6) is 0 Å². The SMILES string of the molecule is CC1C(O)N1C(c1ccccc1)(c1ccccc1)c1ccccc1. The molecule has 2 heteroatoms. The van der Waals surface area contributed by atoms with E-state index in [1.165, 1.54) is 16.7 Å². The Hall–Kier alpha value is -2.42. The van der Waals surface area contributed by atoms with Crippen LogP contribution in [-0.2, 0) is 5.54 Å². The van der Waals surface area contributed by atoms with Crippen molar-refractivity contribution in [3.05, 3.63) is 108 Å². The van der Waals surface area contributed by atoms with Gasteiger partial charge < -0.3 is 5.11 Å². The fourth-order valence-electron chi connectivity index (χ4n) is 3.82. The van der Waals surface area contributed by atoms with E-state index < -0.39 is 11.8 Å². The maximum atomic E-state index is 10.5. The summed E-state index contributed by atoms with van der Waals surface area (Å²) in [7, 11) is 0. The summed E-state index contributed by atoms with van der Waals surface area (Å²) in [4.78, 5) is 2.19. The molecule has 24 heavy (non-hydrogen) atoms. The topological polar surface area (TPSA) is 23.2 Å². The maximum Gasteiger partial charge on any atom is 0.124 e. The van der Waals surface area contributed by atoms with E-state index in [1.54, 1.807) is 0 Å². The van der Waals surface area contributed by atoms with E-state index in [0.29, 0.717) is 0 Å². The molecule has 120 valence electrons. The van der Waals surface area contributed by atoms with Crippen LogP contribution in [0.25, 0.3) is 0 Å². The van der Waals surface area contributed by atoms with Gasteiger partial charge in [-0.15, -0.1) is 0 Å². The van der Waals surface area contributed by atoms with Crippen LogP contribution in [0.2, 0.25) is 0 Å². The lowest BCUT2D eigenvalue weighted by molar-refractivity contribution is 0.164. The van der Waals surface area contributed by atoms with Crippen LogP contribution in [0.1, 0.15) is 23.6 Å². The fourth-order valence-corrected chi connectivity index (χ4v) is 3.82. The van der Waals surface area contributed by atoms with E-state index in [1.807, 2.05) is 18.2 Å². The molecule has 0 saturated carbocycles. The average molecular weight is 315 g/mol. The van der Waals surface area contributed by atoms with Crippen molar-refractivity contribution in [1.29, 1.82) is 0 Å². The highest BCUT2D eigenvalue weighted by molar-refractivity contribution is 5.51. The number of rotatable bonds is 4. The fraction of sp³-hybridized carbons (Fsp3) is 0.182. The van der Waals surface area contributed by atoms with Gasteiger partial charge in [0.25, 0.3) is 0 Å². The molecule has 0 aromatic heterocycles. The third-order valence-electron chi connectivity index (χ3n) is 5.03. The van der Waals surface area contributed by atoms with Crippen LogP contribution in [0, 0.1) is 0 Å². The number of hydrogen-bond donors (Lipinski definition) is 1. The van der Waals surface area contributed by atoms with Crippen molar-refractivity contribution >= 4 is 0 Å². The predicted octanol–water partition coefficient (Wildman–Crippen LogP) is 4.00. The van der Waals surface area contributed by atoms with Gasteiger partial charge in [0.15, 0.2) is 0 Å². The van der Waals surface area contributed by atoms with Gasteiger partial charge in [0.1, 0.15) is 6.23 Å². The van der Waals surface area contributed by atoms with E-state index in [0.717, 1.165) is 0 Å². The minimum Gasteiger partial charge on any atom is -0.377 e. The van der Waals surface area contributed by atoms with E-state index in [2.05, 4.69) is 84.6 Å². The smallest absolute Gasteiger partial charge is 0.124 e. The minimum atomic E-state index is -0.484. The van der Waals surface area contributed by atoms with Gasteiger partial charge in [-0.2, -0.15) is 0 Å². The van der Waals surface area contributed by atoms with Crippen LogP contribution in [0.15, 0.2) is 91.0 Å². The summed E-state index contributed by atoms with van der Waals surface area (Å²) in [6, 6.07) is 31.5. The molecule has 0 aliphatic carbocycles. The van der Waals surface area contributed by atoms with E-state index in [-0.39, 0.29) is 6.04 Å². The Kier molecular flexibility index (Phi) is 3.72. The zero-order chi connectivity index (χ0) is 16.6. The molecule has 3 aromatic carbocycles. The Labute approximate surface area is 143 Å². The highest BCUT2D eigenvalue weighted by Crippen LogP contribution is 2.50. The molecule has 3 aromatic rings. The Balaban J connectivity index is 2.04. The summed E-state index contributed by atoms with van der Waals surface area (Å²) >= 11 is 0. The van der Waals surface area contributed by atoms with Crippen molar-refractivity contribution in [2.24, 2.45) is 0 Å². The lowest BCUT2D eigenvalue weighted by atomic mass is 9.76. The zero-order valence-electron chi connectivity index (χ0n) is 13.7. The van der Waals surface area contributed by atoms with E-state index >= 15 is 0 Å². The summed E-state index contributed by atoms with van der Waals surface area (Å²) in [5.41, 5.74) is 3.03. The molecule has 0 radical (unpaired) electrons. The number of nitrogens with zero attached hydrogens (tertiary/aromatic N) is 1. The summed E-state index contributed by atoms with van der Waals surface area (Å²) < 4.78 is 0. The van der Waals surface area contributed by atoms with Crippen LogP contribution in [0.3, 0.4) is 0 Å². The summed E-state index contributed by atoms with van der Waals surface area (Å²) in [5.74, 6) is 0. The number of aliphatic hydroxyl groups is 1. The Morgan fingerprint density at radius 2 is 0.958 bits per heavy atom. The highest BCUT2D eigenvalue weighted by atomic mass is 16.3. The Morgan fingerprint density at radius 1 is 0.667 bits per heavy atom. The highest BCUT2D eigenvalue weighted by Gasteiger charge is 2.57. The number of hydrogen-bond acceptors (Lipinski definition) is 2. The lowest BCUT2D eigenvalue weighted by Crippen LogP contribution is -2.39. The molecule has 1 fully saturated rings. The molecule has 3 atom stereocenters. The van der Waals surface area contributed by atoms with Gasteiger partial charge in [-0.3, -0.25) is 4.90 Å². The molecule has 3 unspecified atom stereocenters. The van der Waals surface area contributed by atoms with Crippen molar-refractivity contribution in [3.63, 3.8) is 0 Å². The molecule has 1 aliphatic heterocycles. The third-order valence-corrected chi connectivity index (χ3v) is 5.03. The van der Waals surface area contributed by atoms with Crippen molar-refractivity contribution in [1.82, 2.24) is 4.90 Å². The second-order valence-corrected chi connectivity index (χ2v) is 6.37. The first-order chi connectivity index (χ1) is 11.8. The molecule has 0 bridgehead atoms. The molecular formula is C22H21NO. The van der Waals surface area contributed by atoms with Gasteiger partial charge in [0, 0.05) is 0 Å². The molecule has 1 heterocycles. The lowest BCUT2D eigenvalue weighted by Gasteiger charge is -2.38. The normalized spacial score (nSPS) is 23.0. The number of aliphatic hydroxyl groups excluding tert-OH is 1. The summed E-state index contributed by atoms with van der Waals surface area (Å²) in [6.45, 7) is 2.08. The molecule has 1 aliphatic rings. The Morgan fingerprint density at radius 3 is 1.21 bits per heavy atom. The molecule has 1 N–H and O–H groups in total. The van der Waals surface area contributed by atoms with E-state index in [4.69, 9.17) is 0 Å². The van der Waals surface area contributed by atoms with Crippen LogP contribution < -0.4 is 0 Å². The predicted molar refractivity (Wildman–Crippen MR) is 96.5 cm³/mol. The molecule has 2 nitrogen and oxygen atoms in total. The van der Waals surface area contributed by atoms with Gasteiger partial charge in [0.2, 0.25) is 0 Å². The van der Waals surface area contributed by atoms with Crippen molar-refractivity contribution < 1.29 is 5.11 Å². The van der Waals surface area contributed by atoms with Crippen molar-refractivity contribution in [2.75, 3.05) is 0 Å². The molecule has 1 saturated heterocycles. The van der Waals surface area contributed by atoms with Gasteiger partial charge in [-0.1, -0.05) is 91.0 Å². The van der Waals surface area contributed by atoms with Crippen molar-refractivity contribution in [3.8, 4) is 0 Å². The molecular weight excluding hydrogens is 294 g/mol. The zero-order valence-corrected chi connectivity index (χ0v) is 13.7. The van der Waals surface area contributed by atoms with Gasteiger partial charge in [-0.25, -0.2) is 0 Å². The summed E-state index contributed by atoms with van der Waals surface area (Å²) in [6.07, 6.45) is -0.439. The van der Waals surface area contributed by atoms with Gasteiger partial charge >= 0.3 is 0 Å². The molecule has 4 rings (SSSR count). The van der Waals surface area contributed by atoms with Gasteiger partial charge in [0.05, 0.1) is 11.6 Å². The largest absolute Gasteiger partial charge is 0.377 e. The van der Waals surface area contributed by atoms with Crippen LogP contribution in [-0.4, -0.2) is 22.3 Å².